The molecule has 2 aliphatic heterocycles. The standard InChI is InChI=1S/C30H34ClFN6O3/c1-6-23-28(18(3)11-12-34-23)38(17-39)30-20(15-21(31)27(35-30)26-22(32)9-8-10-24(26)40)29(33-5)37-14-13-36(16-19(37)4)25(41)7-2/h7-12,15,17,19,23,28,40H,2,6,13-14,16H2,1,3-5H3/b33-29+. The molecule has 3 atom stereocenters. The number of allylic oxidation sites excluding steroid dienone is 1. The minimum atomic E-state index is -0.707. The lowest BCUT2D eigenvalue weighted by Gasteiger charge is -2.42. The normalized spacial score (nSPS) is 21.0. The smallest absolute Gasteiger partial charge is 0.246 e. The summed E-state index contributed by atoms with van der Waals surface area (Å²) in [4.78, 5) is 44.3. The Bertz CT molecular complexity index is 1420. The molecule has 2 aliphatic rings. The van der Waals surface area contributed by atoms with Crippen molar-refractivity contribution >= 4 is 41.8 Å². The lowest BCUT2D eigenvalue weighted by atomic mass is 9.94. The molecular weight excluding hydrogens is 547 g/mol. The predicted molar refractivity (Wildman–Crippen MR) is 160 cm³/mol. The number of piperazine rings is 1. The molecular formula is C30H34ClFN6O3. The van der Waals surface area contributed by atoms with Gasteiger partial charge < -0.3 is 14.9 Å². The SMILES string of the molecule is C=CC(=O)N1CCN(/C(=N/C)c2cc(Cl)c(-c3c(O)cccc3F)nc2N(C=O)C2C(C)=CC=NC2CC)C(C)C1. The average molecular weight is 581 g/mol. The third-order valence-corrected chi connectivity index (χ3v) is 7.83. The number of phenols is 1. The Balaban J connectivity index is 1.92. The highest BCUT2D eigenvalue weighted by atomic mass is 35.5. The number of pyridine rings is 1. The van der Waals surface area contributed by atoms with Crippen LogP contribution in [0.25, 0.3) is 11.3 Å². The molecule has 0 aliphatic carbocycles. The van der Waals surface area contributed by atoms with Crippen molar-refractivity contribution in [1.82, 2.24) is 14.8 Å². The second kappa shape index (κ2) is 12.6. The third kappa shape index (κ3) is 5.74. The molecule has 4 rings (SSSR count). The van der Waals surface area contributed by atoms with E-state index in [4.69, 9.17) is 16.6 Å². The Hall–Kier alpha value is -4.05. The van der Waals surface area contributed by atoms with E-state index in [1.165, 1.54) is 29.2 Å². The Morgan fingerprint density at radius 3 is 2.73 bits per heavy atom. The van der Waals surface area contributed by atoms with Gasteiger partial charge in [0, 0.05) is 38.9 Å². The van der Waals surface area contributed by atoms with Gasteiger partial charge in [0.1, 0.15) is 23.2 Å². The number of hydrogen-bond donors (Lipinski definition) is 1. The first-order valence-electron chi connectivity index (χ1n) is 13.4. The van der Waals surface area contributed by atoms with E-state index >= 15 is 4.39 Å². The fourth-order valence-electron chi connectivity index (χ4n) is 5.50. The fourth-order valence-corrected chi connectivity index (χ4v) is 5.75. The van der Waals surface area contributed by atoms with Gasteiger partial charge >= 0.3 is 0 Å². The number of nitrogens with zero attached hydrogens (tertiary/aromatic N) is 6. The topological polar surface area (TPSA) is 102 Å². The van der Waals surface area contributed by atoms with Gasteiger partial charge in [-0.05, 0) is 56.2 Å². The maximum absolute atomic E-state index is 15.0. The van der Waals surface area contributed by atoms with Crippen molar-refractivity contribution in [2.24, 2.45) is 9.98 Å². The molecule has 0 radical (unpaired) electrons. The third-order valence-electron chi connectivity index (χ3n) is 7.54. The van der Waals surface area contributed by atoms with Crippen LogP contribution < -0.4 is 4.90 Å². The van der Waals surface area contributed by atoms with E-state index < -0.39 is 11.9 Å². The van der Waals surface area contributed by atoms with Gasteiger partial charge in [0.2, 0.25) is 12.3 Å². The number of carbonyl (C=O) groups excluding carboxylic acids is 2. The summed E-state index contributed by atoms with van der Waals surface area (Å²) in [7, 11) is 1.63. The van der Waals surface area contributed by atoms with Gasteiger partial charge in [-0.25, -0.2) is 9.37 Å². The zero-order valence-corrected chi connectivity index (χ0v) is 24.3. The number of halogens is 2. The molecule has 1 fully saturated rings. The quantitative estimate of drug-likeness (QED) is 0.225. The minimum absolute atomic E-state index is 0.00763. The number of benzene rings is 1. The van der Waals surface area contributed by atoms with Crippen molar-refractivity contribution in [3.05, 3.63) is 65.0 Å². The number of anilines is 1. The molecule has 1 N–H and O–H groups in total. The van der Waals surface area contributed by atoms with Crippen LogP contribution in [0.2, 0.25) is 5.02 Å². The predicted octanol–water partition coefficient (Wildman–Crippen LogP) is 4.48. The summed E-state index contributed by atoms with van der Waals surface area (Å²) < 4.78 is 15.0. The summed E-state index contributed by atoms with van der Waals surface area (Å²) in [6.07, 6.45) is 6.22. The number of aromatic hydroxyl groups is 1. The van der Waals surface area contributed by atoms with Gasteiger partial charge in [-0.3, -0.25) is 24.5 Å². The molecule has 1 saturated heterocycles. The Kier molecular flexibility index (Phi) is 9.22. The van der Waals surface area contributed by atoms with Gasteiger partial charge in [0.15, 0.2) is 0 Å². The van der Waals surface area contributed by atoms with Crippen molar-refractivity contribution < 1.29 is 19.1 Å². The van der Waals surface area contributed by atoms with Crippen LogP contribution in [0.5, 0.6) is 5.75 Å². The van der Waals surface area contributed by atoms with E-state index in [0.717, 1.165) is 5.57 Å². The molecule has 0 bridgehead atoms. The number of dihydropyridines is 1. The van der Waals surface area contributed by atoms with Crippen molar-refractivity contribution in [1.29, 1.82) is 0 Å². The number of rotatable bonds is 7. The van der Waals surface area contributed by atoms with E-state index in [1.54, 1.807) is 24.2 Å². The minimum Gasteiger partial charge on any atom is -0.507 e. The van der Waals surface area contributed by atoms with E-state index in [-0.39, 0.29) is 45.8 Å². The lowest BCUT2D eigenvalue weighted by molar-refractivity contribution is -0.128. The van der Waals surface area contributed by atoms with Crippen molar-refractivity contribution in [2.75, 3.05) is 31.6 Å². The summed E-state index contributed by atoms with van der Waals surface area (Å²) in [5.41, 5.74) is 1.18. The van der Waals surface area contributed by atoms with E-state index in [1.807, 2.05) is 31.7 Å². The lowest BCUT2D eigenvalue weighted by Crippen LogP contribution is -2.55. The Morgan fingerprint density at radius 2 is 2.12 bits per heavy atom. The van der Waals surface area contributed by atoms with Crippen molar-refractivity contribution in [2.45, 2.75) is 45.3 Å². The highest BCUT2D eigenvalue weighted by Crippen LogP contribution is 2.39. The van der Waals surface area contributed by atoms with Crippen molar-refractivity contribution in [3.63, 3.8) is 0 Å². The van der Waals surface area contributed by atoms with Gasteiger partial charge in [0.05, 0.1) is 33.9 Å². The van der Waals surface area contributed by atoms with Gasteiger partial charge in [-0.15, -0.1) is 0 Å². The van der Waals surface area contributed by atoms with Crippen LogP contribution in [0, 0.1) is 5.82 Å². The molecule has 11 heteroatoms. The van der Waals surface area contributed by atoms with E-state index in [2.05, 4.69) is 16.6 Å². The number of amides is 2. The number of aromatic nitrogens is 1. The maximum Gasteiger partial charge on any atom is 0.246 e. The first kappa shape index (κ1) is 29.9. The largest absolute Gasteiger partial charge is 0.507 e. The molecule has 0 saturated carbocycles. The Morgan fingerprint density at radius 1 is 1.37 bits per heavy atom. The molecule has 9 nitrogen and oxygen atoms in total. The average Bonchev–Trinajstić information content (AvgIpc) is 2.96. The number of phenolic OH excluding ortho intramolecular Hbond substituents is 1. The summed E-state index contributed by atoms with van der Waals surface area (Å²) in [6.45, 7) is 10.8. The molecule has 1 aromatic heterocycles. The van der Waals surface area contributed by atoms with Gasteiger partial charge in [0.25, 0.3) is 0 Å². The fraction of sp³-hybridized carbons (Fsp3) is 0.367. The summed E-state index contributed by atoms with van der Waals surface area (Å²) in [6, 6.07) is 4.70. The summed E-state index contributed by atoms with van der Waals surface area (Å²) in [5.74, 6) is -0.475. The van der Waals surface area contributed by atoms with Crippen LogP contribution in [0.1, 0.15) is 32.8 Å². The van der Waals surface area contributed by atoms with Crippen LogP contribution in [-0.4, -0.2) is 89.1 Å². The number of amidine groups is 1. The van der Waals surface area contributed by atoms with Crippen LogP contribution in [0.15, 0.2) is 58.6 Å². The second-order valence-corrected chi connectivity index (χ2v) is 10.5. The number of aliphatic imine (C=N–C) groups is 2. The number of hydrogen-bond acceptors (Lipinski definition) is 6. The van der Waals surface area contributed by atoms with Crippen LogP contribution in [0.4, 0.5) is 10.2 Å². The monoisotopic (exact) mass is 580 g/mol. The molecule has 2 aromatic rings. The Labute approximate surface area is 244 Å². The molecule has 1 aromatic carbocycles. The molecule has 0 spiro atoms. The molecule has 2 amide bonds. The summed E-state index contributed by atoms with van der Waals surface area (Å²) >= 11 is 6.74. The van der Waals surface area contributed by atoms with E-state index in [0.29, 0.717) is 43.9 Å². The maximum atomic E-state index is 15.0. The molecule has 3 heterocycles. The first-order chi connectivity index (χ1) is 19.7. The summed E-state index contributed by atoms with van der Waals surface area (Å²) in [5, 5.41) is 10.6. The van der Waals surface area contributed by atoms with Gasteiger partial charge in [-0.2, -0.15) is 0 Å². The molecule has 216 valence electrons. The van der Waals surface area contributed by atoms with Crippen LogP contribution in [-0.2, 0) is 9.59 Å². The van der Waals surface area contributed by atoms with Crippen LogP contribution in [0.3, 0.4) is 0 Å². The zero-order chi connectivity index (χ0) is 29.8. The van der Waals surface area contributed by atoms with Crippen LogP contribution >= 0.6 is 11.6 Å². The second-order valence-electron chi connectivity index (χ2n) is 10.0. The first-order valence-corrected chi connectivity index (χ1v) is 13.8. The highest BCUT2D eigenvalue weighted by Gasteiger charge is 2.36. The van der Waals surface area contributed by atoms with Crippen molar-refractivity contribution in [3.8, 4) is 17.0 Å². The number of carbonyl (C=O) groups is 2. The molecule has 41 heavy (non-hydrogen) atoms. The highest BCUT2D eigenvalue weighted by molar-refractivity contribution is 6.33. The zero-order valence-electron chi connectivity index (χ0n) is 23.6. The van der Waals surface area contributed by atoms with Gasteiger partial charge in [-0.1, -0.05) is 31.2 Å². The van der Waals surface area contributed by atoms with E-state index in [9.17, 15) is 14.7 Å². The molecule has 3 unspecified atom stereocenters.